The van der Waals surface area contributed by atoms with Gasteiger partial charge in [-0.3, -0.25) is 0 Å². The average Bonchev–Trinajstić information content (AvgIpc) is 2.33. The van der Waals surface area contributed by atoms with Gasteiger partial charge in [-0.2, -0.15) is 0 Å². The summed E-state index contributed by atoms with van der Waals surface area (Å²) in [5.74, 6) is 0.311. The molecule has 1 fully saturated rings. The standard InChI is InChI=1S/C16H20Cl2O/c1-11-5-4-8-15(2,3)16(11,10-19)12-6-7-13(17)14(18)9-12/h6-7,9-11H,4-5,8H2,1-3H3/t11-,16+/m0/s1. The third kappa shape index (κ3) is 2.21. The van der Waals surface area contributed by atoms with Gasteiger partial charge in [-0.25, -0.2) is 0 Å². The number of carbonyl (C=O) groups is 1. The van der Waals surface area contributed by atoms with Crippen LogP contribution in [0, 0.1) is 11.3 Å². The molecule has 1 aromatic rings. The van der Waals surface area contributed by atoms with Gasteiger partial charge in [0.05, 0.1) is 15.5 Å². The molecular formula is C16H20Cl2O. The van der Waals surface area contributed by atoms with Crippen LogP contribution in [0.4, 0.5) is 0 Å². The highest BCUT2D eigenvalue weighted by molar-refractivity contribution is 6.42. The predicted octanol–water partition coefficient (Wildman–Crippen LogP) is 5.28. The van der Waals surface area contributed by atoms with E-state index in [2.05, 4.69) is 20.8 Å². The first-order valence-corrected chi connectivity index (χ1v) is 7.52. The maximum absolute atomic E-state index is 12.0. The van der Waals surface area contributed by atoms with Crippen LogP contribution in [-0.4, -0.2) is 6.29 Å². The van der Waals surface area contributed by atoms with Crippen LogP contribution in [-0.2, 0) is 10.2 Å². The van der Waals surface area contributed by atoms with Crippen LogP contribution in [0.1, 0.15) is 45.6 Å². The zero-order chi connectivity index (χ0) is 14.3. The maximum Gasteiger partial charge on any atom is 0.131 e. The molecular weight excluding hydrogens is 279 g/mol. The van der Waals surface area contributed by atoms with E-state index in [0.29, 0.717) is 16.0 Å². The SMILES string of the molecule is C[C@H]1CCCC(C)(C)[C@@]1(C=O)c1ccc(Cl)c(Cl)c1. The lowest BCUT2D eigenvalue weighted by molar-refractivity contribution is -0.121. The lowest BCUT2D eigenvalue weighted by Crippen LogP contribution is -2.51. The molecule has 1 aromatic carbocycles. The van der Waals surface area contributed by atoms with Crippen LogP contribution in [0.5, 0.6) is 0 Å². The fourth-order valence-corrected chi connectivity index (χ4v) is 4.02. The zero-order valence-electron chi connectivity index (χ0n) is 11.7. The fraction of sp³-hybridized carbons (Fsp3) is 0.562. The van der Waals surface area contributed by atoms with E-state index in [0.717, 1.165) is 24.7 Å². The third-order valence-corrected chi connectivity index (χ3v) is 5.66. The Bertz CT molecular complexity index is 496. The van der Waals surface area contributed by atoms with Crippen LogP contribution in [0.15, 0.2) is 18.2 Å². The van der Waals surface area contributed by atoms with E-state index in [1.165, 1.54) is 6.42 Å². The van der Waals surface area contributed by atoms with Crippen molar-refractivity contribution in [2.75, 3.05) is 0 Å². The number of aldehydes is 1. The number of rotatable bonds is 2. The van der Waals surface area contributed by atoms with Gasteiger partial charge in [0.1, 0.15) is 6.29 Å². The van der Waals surface area contributed by atoms with Gasteiger partial charge in [0.25, 0.3) is 0 Å². The van der Waals surface area contributed by atoms with Crippen molar-refractivity contribution >= 4 is 29.5 Å². The van der Waals surface area contributed by atoms with Gasteiger partial charge >= 0.3 is 0 Å². The number of benzene rings is 1. The Morgan fingerprint density at radius 3 is 2.47 bits per heavy atom. The molecule has 0 N–H and O–H groups in total. The first-order valence-electron chi connectivity index (χ1n) is 6.77. The summed E-state index contributed by atoms with van der Waals surface area (Å²) in [4.78, 5) is 12.0. The molecule has 0 saturated heterocycles. The lowest BCUT2D eigenvalue weighted by Gasteiger charge is -2.51. The molecule has 1 aliphatic carbocycles. The van der Waals surface area contributed by atoms with Gasteiger partial charge in [-0.1, -0.05) is 56.5 Å². The summed E-state index contributed by atoms with van der Waals surface area (Å²) in [5.41, 5.74) is 0.456. The minimum absolute atomic E-state index is 0.0659. The van der Waals surface area contributed by atoms with Crippen LogP contribution >= 0.6 is 23.2 Å². The summed E-state index contributed by atoms with van der Waals surface area (Å²) < 4.78 is 0. The summed E-state index contributed by atoms with van der Waals surface area (Å²) in [6, 6.07) is 5.61. The molecule has 19 heavy (non-hydrogen) atoms. The van der Waals surface area contributed by atoms with Crippen molar-refractivity contribution in [1.29, 1.82) is 0 Å². The van der Waals surface area contributed by atoms with Crippen molar-refractivity contribution in [3.05, 3.63) is 33.8 Å². The molecule has 0 heterocycles. The first kappa shape index (κ1) is 14.9. The molecule has 2 atom stereocenters. The highest BCUT2D eigenvalue weighted by Crippen LogP contribution is 2.54. The van der Waals surface area contributed by atoms with E-state index in [-0.39, 0.29) is 5.41 Å². The fourth-order valence-electron chi connectivity index (χ4n) is 3.72. The summed E-state index contributed by atoms with van der Waals surface area (Å²) in [6.45, 7) is 6.52. The summed E-state index contributed by atoms with van der Waals surface area (Å²) >= 11 is 12.1. The number of hydrogen-bond acceptors (Lipinski definition) is 1. The normalized spacial score (nSPS) is 30.1. The van der Waals surface area contributed by atoms with Crippen LogP contribution < -0.4 is 0 Å². The van der Waals surface area contributed by atoms with Crippen molar-refractivity contribution in [2.24, 2.45) is 11.3 Å². The second kappa shape index (κ2) is 5.10. The number of halogens is 2. The number of carbonyl (C=O) groups excluding carboxylic acids is 1. The maximum atomic E-state index is 12.0. The van der Waals surface area contributed by atoms with Gasteiger partial charge in [0.2, 0.25) is 0 Å². The second-order valence-corrected chi connectivity index (χ2v) is 7.11. The lowest BCUT2D eigenvalue weighted by atomic mass is 9.51. The highest BCUT2D eigenvalue weighted by Gasteiger charge is 2.52. The van der Waals surface area contributed by atoms with Crippen molar-refractivity contribution in [3.63, 3.8) is 0 Å². The Labute approximate surface area is 125 Å². The van der Waals surface area contributed by atoms with Crippen molar-refractivity contribution in [1.82, 2.24) is 0 Å². The molecule has 1 saturated carbocycles. The molecule has 2 rings (SSSR count). The van der Waals surface area contributed by atoms with Gasteiger partial charge in [-0.05, 0) is 41.9 Å². The van der Waals surface area contributed by atoms with E-state index < -0.39 is 5.41 Å². The highest BCUT2D eigenvalue weighted by atomic mass is 35.5. The zero-order valence-corrected chi connectivity index (χ0v) is 13.2. The van der Waals surface area contributed by atoms with E-state index >= 15 is 0 Å². The Kier molecular flexibility index (Phi) is 3.99. The quantitative estimate of drug-likeness (QED) is 0.679. The smallest absolute Gasteiger partial charge is 0.131 e. The largest absolute Gasteiger partial charge is 0.302 e. The Hall–Kier alpha value is -0.530. The second-order valence-electron chi connectivity index (χ2n) is 6.29. The third-order valence-electron chi connectivity index (χ3n) is 4.92. The van der Waals surface area contributed by atoms with Crippen molar-refractivity contribution in [3.8, 4) is 0 Å². The van der Waals surface area contributed by atoms with Crippen LogP contribution in [0.3, 0.4) is 0 Å². The molecule has 3 heteroatoms. The van der Waals surface area contributed by atoms with E-state index in [9.17, 15) is 4.79 Å². The van der Waals surface area contributed by atoms with E-state index in [1.54, 1.807) is 6.07 Å². The van der Waals surface area contributed by atoms with Crippen molar-refractivity contribution < 1.29 is 4.79 Å². The molecule has 0 aliphatic heterocycles. The molecule has 0 spiro atoms. The first-order chi connectivity index (χ1) is 8.85. The molecule has 0 amide bonds. The molecule has 104 valence electrons. The van der Waals surface area contributed by atoms with Gasteiger partial charge in [-0.15, -0.1) is 0 Å². The number of hydrogen-bond donors (Lipinski definition) is 0. The molecule has 1 nitrogen and oxygen atoms in total. The topological polar surface area (TPSA) is 17.1 Å². The van der Waals surface area contributed by atoms with Gasteiger partial charge in [0.15, 0.2) is 0 Å². The minimum Gasteiger partial charge on any atom is -0.302 e. The van der Waals surface area contributed by atoms with Crippen LogP contribution in [0.25, 0.3) is 0 Å². The minimum atomic E-state index is -0.473. The van der Waals surface area contributed by atoms with E-state index in [1.807, 2.05) is 12.1 Å². The van der Waals surface area contributed by atoms with Gasteiger partial charge < -0.3 is 4.79 Å². The average molecular weight is 299 g/mol. The molecule has 0 aromatic heterocycles. The summed E-state index contributed by atoms with van der Waals surface area (Å²) in [6.07, 6.45) is 4.43. The molecule has 1 aliphatic rings. The van der Waals surface area contributed by atoms with Gasteiger partial charge in [0, 0.05) is 0 Å². The molecule has 0 radical (unpaired) electrons. The van der Waals surface area contributed by atoms with Crippen molar-refractivity contribution in [2.45, 2.75) is 45.4 Å². The summed E-state index contributed by atoms with van der Waals surface area (Å²) in [5, 5.41) is 1.06. The Morgan fingerprint density at radius 2 is 1.95 bits per heavy atom. The Balaban J connectivity index is 2.62. The molecule has 0 bridgehead atoms. The molecule has 0 unspecified atom stereocenters. The monoisotopic (exact) mass is 298 g/mol. The van der Waals surface area contributed by atoms with E-state index in [4.69, 9.17) is 23.2 Å². The Morgan fingerprint density at radius 1 is 1.26 bits per heavy atom. The predicted molar refractivity (Wildman–Crippen MR) is 81.0 cm³/mol. The summed E-state index contributed by atoms with van der Waals surface area (Å²) in [7, 11) is 0. The van der Waals surface area contributed by atoms with Crippen LogP contribution in [0.2, 0.25) is 10.0 Å².